The van der Waals surface area contributed by atoms with Gasteiger partial charge in [-0.3, -0.25) is 14.9 Å². The summed E-state index contributed by atoms with van der Waals surface area (Å²) in [6.07, 6.45) is 1.01. The van der Waals surface area contributed by atoms with Crippen LogP contribution in [0.15, 0.2) is 39.9 Å². The van der Waals surface area contributed by atoms with Gasteiger partial charge in [0.1, 0.15) is 17.0 Å². The van der Waals surface area contributed by atoms with Crippen molar-refractivity contribution in [3.63, 3.8) is 0 Å². The number of nitrogens with zero attached hydrogens (tertiary/aromatic N) is 5. The van der Waals surface area contributed by atoms with Crippen LogP contribution in [0, 0.1) is 19.7 Å². The number of pyridine rings is 1. The third kappa shape index (κ3) is 3.34. The zero-order valence-corrected chi connectivity index (χ0v) is 15.9. The average molecular weight is 415 g/mol. The maximum Gasteiger partial charge on any atom is 0.322 e. The van der Waals surface area contributed by atoms with E-state index in [2.05, 4.69) is 25.6 Å². The van der Waals surface area contributed by atoms with Gasteiger partial charge in [-0.05, 0) is 43.7 Å². The molecule has 4 aromatic rings. The molecule has 0 saturated heterocycles. The third-order valence-electron chi connectivity index (χ3n) is 4.24. The molecule has 4 rings (SSSR count). The lowest BCUT2D eigenvalue weighted by Gasteiger charge is -2.13. The molecule has 3 aromatic heterocycles. The Labute approximate surface area is 167 Å². The van der Waals surface area contributed by atoms with Crippen molar-refractivity contribution in [3.05, 3.63) is 68.7 Å². The number of rotatable bonds is 3. The molecule has 1 amide bonds. The number of benzene rings is 1. The number of anilines is 1. The number of aryl methyl sites for hydroxylation is 2. The molecule has 1 N–H and O–H groups in total. The van der Waals surface area contributed by atoms with E-state index >= 15 is 0 Å². The van der Waals surface area contributed by atoms with Crippen LogP contribution in [0.5, 0.6) is 0 Å². The Hall–Kier alpha value is -3.66. The van der Waals surface area contributed by atoms with E-state index in [1.807, 2.05) is 0 Å². The van der Waals surface area contributed by atoms with Gasteiger partial charge in [0.25, 0.3) is 5.91 Å². The molecular weight excluding hydrogens is 403 g/mol. The first-order valence-electron chi connectivity index (χ1n) is 8.29. The number of hydrogen-bond acceptors (Lipinski definition) is 7. The predicted octanol–water partition coefficient (Wildman–Crippen LogP) is 2.83. The molecule has 0 radical (unpaired) electrons. The Morgan fingerprint density at radius 1 is 1.28 bits per heavy atom. The van der Waals surface area contributed by atoms with Crippen LogP contribution in [0.2, 0.25) is 5.02 Å². The van der Waals surface area contributed by atoms with Crippen molar-refractivity contribution in [2.75, 3.05) is 5.32 Å². The highest BCUT2D eigenvalue weighted by Gasteiger charge is 2.22. The zero-order valence-electron chi connectivity index (χ0n) is 15.1. The van der Waals surface area contributed by atoms with Crippen LogP contribution in [0.1, 0.15) is 21.7 Å². The Kier molecular flexibility index (Phi) is 4.55. The highest BCUT2D eigenvalue weighted by atomic mass is 35.5. The molecule has 1 aromatic carbocycles. The summed E-state index contributed by atoms with van der Waals surface area (Å²) in [5, 5.41) is 13.5. The normalized spacial score (nSPS) is 11.0. The van der Waals surface area contributed by atoms with Crippen molar-refractivity contribution in [1.29, 1.82) is 0 Å². The SMILES string of the molecule is Cc1cc2c(nc1C)c(=O)c(C(=O)Nc1nnco1)nn2-c1ccc(Cl)cc1F. The molecule has 3 heterocycles. The number of halogens is 2. The molecule has 0 fully saturated rings. The summed E-state index contributed by atoms with van der Waals surface area (Å²) in [6.45, 7) is 3.52. The maximum absolute atomic E-state index is 14.6. The largest absolute Gasteiger partial charge is 0.411 e. The van der Waals surface area contributed by atoms with Crippen LogP contribution in [0.25, 0.3) is 16.7 Å². The van der Waals surface area contributed by atoms with Gasteiger partial charge in [-0.1, -0.05) is 16.7 Å². The number of amides is 1. The van der Waals surface area contributed by atoms with Gasteiger partial charge < -0.3 is 4.42 Å². The fraction of sp³-hybridized carbons (Fsp3) is 0.111. The second kappa shape index (κ2) is 7.06. The van der Waals surface area contributed by atoms with E-state index in [0.717, 1.165) is 22.7 Å². The van der Waals surface area contributed by atoms with Crippen LogP contribution in [0.4, 0.5) is 10.4 Å². The summed E-state index contributed by atoms with van der Waals surface area (Å²) in [4.78, 5) is 29.8. The summed E-state index contributed by atoms with van der Waals surface area (Å²) in [5.74, 6) is -1.58. The van der Waals surface area contributed by atoms with E-state index < -0.39 is 22.8 Å². The van der Waals surface area contributed by atoms with Crippen molar-refractivity contribution in [2.45, 2.75) is 13.8 Å². The van der Waals surface area contributed by atoms with Gasteiger partial charge in [0, 0.05) is 10.7 Å². The van der Waals surface area contributed by atoms with E-state index in [9.17, 15) is 14.0 Å². The second-order valence-electron chi connectivity index (χ2n) is 6.14. The van der Waals surface area contributed by atoms with Crippen molar-refractivity contribution >= 4 is 34.6 Å². The van der Waals surface area contributed by atoms with Gasteiger partial charge in [0.05, 0.1) is 5.52 Å². The highest BCUT2D eigenvalue weighted by Crippen LogP contribution is 2.22. The molecule has 9 nitrogen and oxygen atoms in total. The number of nitrogens with one attached hydrogen (secondary N) is 1. The molecule has 0 saturated carbocycles. The molecule has 0 unspecified atom stereocenters. The molecule has 0 aliphatic rings. The minimum atomic E-state index is -0.899. The molecule has 146 valence electrons. The first kappa shape index (κ1) is 18.7. The number of hydrogen-bond donors (Lipinski definition) is 1. The minimum Gasteiger partial charge on any atom is -0.411 e. The van der Waals surface area contributed by atoms with Gasteiger partial charge in [-0.15, -0.1) is 5.10 Å². The molecule has 29 heavy (non-hydrogen) atoms. The van der Waals surface area contributed by atoms with E-state index in [-0.39, 0.29) is 27.8 Å². The highest BCUT2D eigenvalue weighted by molar-refractivity contribution is 6.30. The molecule has 0 aliphatic heterocycles. The van der Waals surface area contributed by atoms with Crippen LogP contribution in [0.3, 0.4) is 0 Å². The topological polar surface area (TPSA) is 116 Å². The van der Waals surface area contributed by atoms with E-state index in [1.165, 1.54) is 12.1 Å². The summed E-state index contributed by atoms with van der Waals surface area (Å²) in [7, 11) is 0. The maximum atomic E-state index is 14.6. The van der Waals surface area contributed by atoms with Crippen molar-refractivity contribution in [1.82, 2.24) is 25.0 Å². The monoisotopic (exact) mass is 414 g/mol. The van der Waals surface area contributed by atoms with Gasteiger partial charge in [0.15, 0.2) is 5.69 Å². The van der Waals surface area contributed by atoms with Crippen molar-refractivity contribution in [3.8, 4) is 5.69 Å². The van der Waals surface area contributed by atoms with E-state index in [4.69, 9.17) is 16.0 Å². The van der Waals surface area contributed by atoms with Crippen molar-refractivity contribution in [2.24, 2.45) is 0 Å². The molecule has 0 aliphatic carbocycles. The van der Waals surface area contributed by atoms with Gasteiger partial charge >= 0.3 is 6.01 Å². The first-order chi connectivity index (χ1) is 13.8. The third-order valence-corrected chi connectivity index (χ3v) is 4.47. The van der Waals surface area contributed by atoms with E-state index in [1.54, 1.807) is 19.9 Å². The van der Waals surface area contributed by atoms with Crippen LogP contribution < -0.4 is 10.7 Å². The molecule has 0 spiro atoms. The fourth-order valence-corrected chi connectivity index (χ4v) is 2.86. The van der Waals surface area contributed by atoms with E-state index in [0.29, 0.717) is 5.69 Å². The number of carbonyl (C=O) groups is 1. The lowest BCUT2D eigenvalue weighted by molar-refractivity contribution is 0.101. The summed E-state index contributed by atoms with van der Waals surface area (Å²) in [5.41, 5.74) is 0.335. The van der Waals surface area contributed by atoms with Crippen LogP contribution in [-0.4, -0.2) is 30.9 Å². The molecule has 11 heteroatoms. The van der Waals surface area contributed by atoms with Gasteiger partial charge in [-0.25, -0.2) is 14.1 Å². The fourth-order valence-electron chi connectivity index (χ4n) is 2.70. The van der Waals surface area contributed by atoms with Crippen LogP contribution >= 0.6 is 11.6 Å². The Balaban J connectivity index is 2.00. The molecular formula is C18H12ClFN6O3. The number of aromatic nitrogens is 5. The Bertz CT molecular complexity index is 1320. The average Bonchev–Trinajstić information content (AvgIpc) is 3.17. The van der Waals surface area contributed by atoms with Crippen LogP contribution in [-0.2, 0) is 0 Å². The smallest absolute Gasteiger partial charge is 0.322 e. The summed E-state index contributed by atoms with van der Waals surface area (Å²) in [6, 6.07) is 5.41. The van der Waals surface area contributed by atoms with Gasteiger partial charge in [-0.2, -0.15) is 5.10 Å². The molecule has 0 bridgehead atoms. The zero-order chi connectivity index (χ0) is 20.7. The Morgan fingerprint density at radius 3 is 2.76 bits per heavy atom. The van der Waals surface area contributed by atoms with Crippen molar-refractivity contribution < 1.29 is 13.6 Å². The lowest BCUT2D eigenvalue weighted by Crippen LogP contribution is -2.28. The molecule has 0 atom stereocenters. The predicted molar refractivity (Wildman–Crippen MR) is 102 cm³/mol. The second-order valence-corrected chi connectivity index (χ2v) is 6.58. The number of carbonyl (C=O) groups excluding carboxylic acids is 1. The standard InChI is InChI=1S/C18H12ClFN6O3/c1-8-5-13-14(22-9(8)2)16(27)15(17(28)23-18-24-21-7-29-18)25-26(13)12-4-3-10(19)6-11(12)20/h3-7H,1-2H3,(H,23,24,28). The lowest BCUT2D eigenvalue weighted by atomic mass is 10.1. The minimum absolute atomic E-state index is 0.00343. The Morgan fingerprint density at radius 2 is 2.07 bits per heavy atom. The summed E-state index contributed by atoms with van der Waals surface area (Å²) >= 11 is 5.84. The first-order valence-corrected chi connectivity index (χ1v) is 8.67. The summed E-state index contributed by atoms with van der Waals surface area (Å²) < 4.78 is 20.6. The number of fused-ring (bicyclic) bond motifs is 1. The quantitative estimate of drug-likeness (QED) is 0.548. The van der Waals surface area contributed by atoms with Gasteiger partial charge in [0.2, 0.25) is 11.8 Å².